The summed E-state index contributed by atoms with van der Waals surface area (Å²) in [7, 11) is 3.32. The number of nitrogens with one attached hydrogen (secondary N) is 1. The number of ether oxygens (including phenoxy) is 1. The molecule has 0 aliphatic carbocycles. The maximum atomic E-state index is 12.1. The minimum atomic E-state index is -0.179. The molecule has 24 heavy (non-hydrogen) atoms. The predicted molar refractivity (Wildman–Crippen MR) is 92.6 cm³/mol. The molecule has 1 N–H and O–H groups in total. The van der Waals surface area contributed by atoms with Gasteiger partial charge in [0.15, 0.2) is 0 Å². The third-order valence-corrected chi connectivity index (χ3v) is 3.65. The standard InChI is InChI=1S/C19H22N2O3/c1-21(14-16-6-4-3-5-7-16)19(23)13-20-18(22)12-15-8-10-17(24-2)11-9-15/h3-11H,12-14H2,1-2H3,(H,20,22). The molecule has 0 spiro atoms. The smallest absolute Gasteiger partial charge is 0.242 e. The van der Waals surface area contributed by atoms with Gasteiger partial charge in [-0.25, -0.2) is 0 Å². The van der Waals surface area contributed by atoms with Gasteiger partial charge in [-0.05, 0) is 23.3 Å². The summed E-state index contributed by atoms with van der Waals surface area (Å²) in [4.78, 5) is 25.6. The lowest BCUT2D eigenvalue weighted by Gasteiger charge is -2.17. The number of carbonyl (C=O) groups excluding carboxylic acids is 2. The number of carbonyl (C=O) groups is 2. The number of nitrogens with zero attached hydrogens (tertiary/aromatic N) is 1. The number of benzene rings is 2. The van der Waals surface area contributed by atoms with E-state index in [0.717, 1.165) is 16.9 Å². The van der Waals surface area contributed by atoms with Crippen molar-refractivity contribution in [2.45, 2.75) is 13.0 Å². The molecule has 0 fully saturated rings. The van der Waals surface area contributed by atoms with Gasteiger partial charge in [0, 0.05) is 13.6 Å². The van der Waals surface area contributed by atoms with E-state index in [1.54, 1.807) is 31.2 Å². The molecule has 0 aliphatic heterocycles. The molecule has 5 heteroatoms. The van der Waals surface area contributed by atoms with Crippen LogP contribution in [0, 0.1) is 0 Å². The molecular formula is C19H22N2O3. The molecule has 2 aromatic carbocycles. The Morgan fingerprint density at radius 2 is 1.67 bits per heavy atom. The lowest BCUT2D eigenvalue weighted by Crippen LogP contribution is -2.38. The van der Waals surface area contributed by atoms with Crippen molar-refractivity contribution in [3.8, 4) is 5.75 Å². The first kappa shape index (κ1) is 17.5. The zero-order valence-corrected chi connectivity index (χ0v) is 14.0. The number of amides is 2. The quantitative estimate of drug-likeness (QED) is 0.847. The van der Waals surface area contributed by atoms with E-state index in [1.165, 1.54) is 0 Å². The van der Waals surface area contributed by atoms with Gasteiger partial charge in [-0.1, -0.05) is 42.5 Å². The van der Waals surface area contributed by atoms with Crippen LogP contribution < -0.4 is 10.1 Å². The summed E-state index contributed by atoms with van der Waals surface area (Å²) in [6.45, 7) is 0.520. The van der Waals surface area contributed by atoms with E-state index >= 15 is 0 Å². The zero-order chi connectivity index (χ0) is 17.4. The maximum Gasteiger partial charge on any atom is 0.242 e. The summed E-state index contributed by atoms with van der Waals surface area (Å²) >= 11 is 0. The number of hydrogen-bond donors (Lipinski definition) is 1. The fourth-order valence-corrected chi connectivity index (χ4v) is 2.25. The molecule has 0 aromatic heterocycles. The SMILES string of the molecule is COc1ccc(CC(=O)NCC(=O)N(C)Cc2ccccc2)cc1. The Balaban J connectivity index is 1.76. The largest absolute Gasteiger partial charge is 0.497 e. The molecule has 2 rings (SSSR count). The first-order valence-electron chi connectivity index (χ1n) is 7.76. The topological polar surface area (TPSA) is 58.6 Å². The Kier molecular flexibility index (Phi) is 6.37. The number of hydrogen-bond acceptors (Lipinski definition) is 3. The van der Waals surface area contributed by atoms with Crippen LogP contribution in [0.3, 0.4) is 0 Å². The average Bonchev–Trinajstić information content (AvgIpc) is 2.61. The van der Waals surface area contributed by atoms with Crippen molar-refractivity contribution in [3.63, 3.8) is 0 Å². The van der Waals surface area contributed by atoms with Crippen molar-refractivity contribution in [2.24, 2.45) is 0 Å². The van der Waals surface area contributed by atoms with E-state index in [0.29, 0.717) is 6.54 Å². The Hall–Kier alpha value is -2.82. The van der Waals surface area contributed by atoms with Gasteiger partial charge in [0.2, 0.25) is 11.8 Å². The van der Waals surface area contributed by atoms with Crippen LogP contribution in [-0.4, -0.2) is 37.4 Å². The maximum absolute atomic E-state index is 12.1. The number of likely N-dealkylation sites (N-methyl/N-ethyl adjacent to an activating group) is 1. The summed E-state index contributed by atoms with van der Waals surface area (Å²) in [6.07, 6.45) is 0.236. The summed E-state index contributed by atoms with van der Waals surface area (Å²) in [5.74, 6) is 0.445. The third kappa shape index (κ3) is 5.43. The van der Waals surface area contributed by atoms with Crippen LogP contribution in [0.25, 0.3) is 0 Å². The van der Waals surface area contributed by atoms with Gasteiger partial charge < -0.3 is 15.0 Å². The molecule has 0 heterocycles. The monoisotopic (exact) mass is 326 g/mol. The van der Waals surface area contributed by atoms with E-state index in [-0.39, 0.29) is 24.8 Å². The summed E-state index contributed by atoms with van der Waals surface area (Å²) in [5.41, 5.74) is 1.93. The normalized spacial score (nSPS) is 10.1. The zero-order valence-electron chi connectivity index (χ0n) is 14.0. The Morgan fingerprint density at radius 1 is 1.00 bits per heavy atom. The van der Waals surface area contributed by atoms with Gasteiger partial charge >= 0.3 is 0 Å². The average molecular weight is 326 g/mol. The third-order valence-electron chi connectivity index (χ3n) is 3.65. The van der Waals surface area contributed by atoms with Crippen molar-refractivity contribution >= 4 is 11.8 Å². The lowest BCUT2D eigenvalue weighted by atomic mass is 10.1. The molecule has 2 aromatic rings. The van der Waals surface area contributed by atoms with E-state index in [2.05, 4.69) is 5.32 Å². The van der Waals surface area contributed by atoms with Gasteiger partial charge in [0.1, 0.15) is 5.75 Å². The molecule has 0 bridgehead atoms. The van der Waals surface area contributed by atoms with Crippen LogP contribution in [0.1, 0.15) is 11.1 Å². The minimum Gasteiger partial charge on any atom is -0.497 e. The molecule has 126 valence electrons. The van der Waals surface area contributed by atoms with Crippen molar-refractivity contribution in [1.29, 1.82) is 0 Å². The molecule has 0 radical (unpaired) electrons. The van der Waals surface area contributed by atoms with Gasteiger partial charge in [0.25, 0.3) is 0 Å². The number of rotatable bonds is 7. The molecular weight excluding hydrogens is 304 g/mol. The highest BCUT2D eigenvalue weighted by Gasteiger charge is 2.11. The molecule has 0 atom stereocenters. The Labute approximate surface area is 142 Å². The van der Waals surface area contributed by atoms with Crippen molar-refractivity contribution in [3.05, 3.63) is 65.7 Å². The summed E-state index contributed by atoms with van der Waals surface area (Å²) in [5, 5.41) is 2.66. The van der Waals surface area contributed by atoms with E-state index < -0.39 is 0 Å². The number of methoxy groups -OCH3 is 1. The van der Waals surface area contributed by atoms with Gasteiger partial charge in [-0.2, -0.15) is 0 Å². The first-order valence-corrected chi connectivity index (χ1v) is 7.76. The van der Waals surface area contributed by atoms with Gasteiger partial charge in [-0.3, -0.25) is 9.59 Å². The first-order chi connectivity index (χ1) is 11.6. The van der Waals surface area contributed by atoms with Crippen LogP contribution >= 0.6 is 0 Å². The van der Waals surface area contributed by atoms with Crippen LogP contribution in [0.4, 0.5) is 0 Å². The predicted octanol–water partition coefficient (Wildman–Crippen LogP) is 2.01. The van der Waals surface area contributed by atoms with Crippen LogP contribution in [0.2, 0.25) is 0 Å². The Bertz CT molecular complexity index is 669. The molecule has 2 amide bonds. The van der Waals surface area contributed by atoms with Crippen molar-refractivity contribution in [2.75, 3.05) is 20.7 Å². The fourth-order valence-electron chi connectivity index (χ4n) is 2.25. The van der Waals surface area contributed by atoms with Crippen LogP contribution in [0.15, 0.2) is 54.6 Å². The highest BCUT2D eigenvalue weighted by molar-refractivity contribution is 5.85. The molecule has 0 unspecified atom stereocenters. The second-order valence-electron chi connectivity index (χ2n) is 5.54. The van der Waals surface area contributed by atoms with Gasteiger partial charge in [-0.15, -0.1) is 0 Å². The van der Waals surface area contributed by atoms with E-state index in [9.17, 15) is 9.59 Å². The van der Waals surface area contributed by atoms with Gasteiger partial charge in [0.05, 0.1) is 20.1 Å². The molecule has 0 saturated heterocycles. The second-order valence-corrected chi connectivity index (χ2v) is 5.54. The van der Waals surface area contributed by atoms with E-state index in [1.807, 2.05) is 42.5 Å². The molecule has 5 nitrogen and oxygen atoms in total. The van der Waals surface area contributed by atoms with Crippen LogP contribution in [-0.2, 0) is 22.6 Å². The summed E-state index contributed by atoms with van der Waals surface area (Å²) in [6, 6.07) is 17.0. The van der Waals surface area contributed by atoms with Crippen molar-refractivity contribution < 1.29 is 14.3 Å². The second kappa shape index (κ2) is 8.72. The highest BCUT2D eigenvalue weighted by Crippen LogP contribution is 2.11. The van der Waals surface area contributed by atoms with Crippen LogP contribution in [0.5, 0.6) is 5.75 Å². The molecule has 0 aliphatic rings. The Morgan fingerprint density at radius 3 is 2.29 bits per heavy atom. The van der Waals surface area contributed by atoms with E-state index in [4.69, 9.17) is 4.74 Å². The molecule has 0 saturated carbocycles. The highest BCUT2D eigenvalue weighted by atomic mass is 16.5. The summed E-state index contributed by atoms with van der Waals surface area (Å²) < 4.78 is 5.08. The fraction of sp³-hybridized carbons (Fsp3) is 0.263. The lowest BCUT2D eigenvalue weighted by molar-refractivity contribution is -0.132. The van der Waals surface area contributed by atoms with Crippen molar-refractivity contribution in [1.82, 2.24) is 10.2 Å². The minimum absolute atomic E-state index is 0.00167.